The van der Waals surface area contributed by atoms with Gasteiger partial charge in [-0.1, -0.05) is 0 Å². The maximum Gasteiger partial charge on any atom is 0.335 e. The number of anilines is 1. The smallest absolute Gasteiger partial charge is 0.335 e. The molecule has 0 spiro atoms. The number of aromatic carboxylic acids is 1. The second-order valence-electron chi connectivity index (χ2n) is 5.08. The molecule has 0 bridgehead atoms. The number of nitrogens with zero attached hydrogens (tertiary/aromatic N) is 1. The summed E-state index contributed by atoms with van der Waals surface area (Å²) in [5.74, 6) is -0.880. The molecule has 98 valence electrons. The molecule has 1 aromatic carbocycles. The Hall–Kier alpha value is -1.55. The Labute approximate surface area is 108 Å². The van der Waals surface area contributed by atoms with Crippen LogP contribution >= 0.6 is 0 Å². The van der Waals surface area contributed by atoms with E-state index < -0.39 is 5.97 Å². The molecule has 2 N–H and O–H groups in total. The van der Waals surface area contributed by atoms with E-state index in [0.29, 0.717) is 17.6 Å². The Morgan fingerprint density at radius 3 is 2.61 bits per heavy atom. The third-order valence-electron chi connectivity index (χ3n) is 3.71. The van der Waals surface area contributed by atoms with Gasteiger partial charge in [-0.25, -0.2) is 4.79 Å². The Morgan fingerprint density at radius 2 is 2.06 bits per heavy atom. The van der Waals surface area contributed by atoms with Crippen molar-refractivity contribution in [1.29, 1.82) is 0 Å². The van der Waals surface area contributed by atoms with Gasteiger partial charge < -0.3 is 15.3 Å². The van der Waals surface area contributed by atoms with Crippen LogP contribution in [0.1, 0.15) is 30.1 Å². The van der Waals surface area contributed by atoms with Crippen LogP contribution in [0.2, 0.25) is 0 Å². The molecular formula is C14H20N2O2. The first kappa shape index (κ1) is 12.9. The number of hydrogen-bond acceptors (Lipinski definition) is 3. The Morgan fingerprint density at radius 1 is 1.39 bits per heavy atom. The maximum atomic E-state index is 10.8. The van der Waals surface area contributed by atoms with Gasteiger partial charge in [-0.3, -0.25) is 0 Å². The standard InChI is InChI=1S/C14H20N2O2/c1-10-9-13(7-8-16(10)2)15-12-5-3-11(4-6-12)14(17)18/h3-6,10,13,15H,7-9H2,1-2H3,(H,17,18). The van der Waals surface area contributed by atoms with Crippen molar-refractivity contribution in [3.63, 3.8) is 0 Å². The van der Waals surface area contributed by atoms with Crippen molar-refractivity contribution < 1.29 is 9.90 Å². The van der Waals surface area contributed by atoms with Crippen LogP contribution in [0.4, 0.5) is 5.69 Å². The SMILES string of the molecule is CC1CC(Nc2ccc(C(=O)O)cc2)CCN1C. The van der Waals surface area contributed by atoms with Gasteiger partial charge in [-0.05, 0) is 51.1 Å². The van der Waals surface area contributed by atoms with Crippen LogP contribution in [0, 0.1) is 0 Å². The molecule has 4 nitrogen and oxygen atoms in total. The summed E-state index contributed by atoms with van der Waals surface area (Å²) >= 11 is 0. The van der Waals surface area contributed by atoms with Crippen LogP contribution in [0.25, 0.3) is 0 Å². The van der Waals surface area contributed by atoms with Gasteiger partial charge in [0.25, 0.3) is 0 Å². The van der Waals surface area contributed by atoms with Gasteiger partial charge in [0, 0.05) is 24.3 Å². The van der Waals surface area contributed by atoms with Crippen molar-refractivity contribution in [1.82, 2.24) is 4.90 Å². The van der Waals surface area contributed by atoms with E-state index >= 15 is 0 Å². The number of carboxylic acid groups (broad SMARTS) is 1. The highest BCUT2D eigenvalue weighted by atomic mass is 16.4. The van der Waals surface area contributed by atoms with E-state index in [2.05, 4.69) is 24.2 Å². The predicted molar refractivity (Wildman–Crippen MR) is 72.1 cm³/mol. The summed E-state index contributed by atoms with van der Waals surface area (Å²) in [5, 5.41) is 12.3. The highest BCUT2D eigenvalue weighted by Gasteiger charge is 2.22. The second kappa shape index (κ2) is 5.40. The summed E-state index contributed by atoms with van der Waals surface area (Å²) in [6.07, 6.45) is 2.25. The van der Waals surface area contributed by atoms with Crippen LogP contribution in [-0.2, 0) is 0 Å². The molecule has 1 aliphatic heterocycles. The molecule has 0 amide bonds. The Kier molecular flexibility index (Phi) is 3.87. The molecule has 1 aliphatic rings. The van der Waals surface area contributed by atoms with Crippen LogP contribution in [0.5, 0.6) is 0 Å². The van der Waals surface area contributed by atoms with Crippen molar-refractivity contribution in [3.05, 3.63) is 29.8 Å². The molecule has 0 radical (unpaired) electrons. The fourth-order valence-corrected chi connectivity index (χ4v) is 2.37. The number of likely N-dealkylation sites (tertiary alicyclic amines) is 1. The summed E-state index contributed by atoms with van der Waals surface area (Å²) in [6, 6.07) is 8.03. The van der Waals surface area contributed by atoms with Gasteiger partial charge in [-0.2, -0.15) is 0 Å². The number of piperidine rings is 1. The Balaban J connectivity index is 1.95. The molecule has 1 fully saturated rings. The molecule has 0 aromatic heterocycles. The van der Waals surface area contributed by atoms with E-state index in [4.69, 9.17) is 5.11 Å². The van der Waals surface area contributed by atoms with E-state index in [1.165, 1.54) is 0 Å². The molecule has 2 rings (SSSR count). The molecular weight excluding hydrogens is 228 g/mol. The minimum absolute atomic E-state index is 0.331. The molecule has 2 atom stereocenters. The van der Waals surface area contributed by atoms with Crippen molar-refractivity contribution in [2.45, 2.75) is 31.8 Å². The summed E-state index contributed by atoms with van der Waals surface area (Å²) in [5.41, 5.74) is 1.33. The quantitative estimate of drug-likeness (QED) is 0.861. The largest absolute Gasteiger partial charge is 0.478 e. The summed E-state index contributed by atoms with van der Waals surface area (Å²) in [6.45, 7) is 3.34. The number of benzene rings is 1. The first-order chi connectivity index (χ1) is 8.56. The van der Waals surface area contributed by atoms with Gasteiger partial charge in [0.2, 0.25) is 0 Å². The fraction of sp³-hybridized carbons (Fsp3) is 0.500. The zero-order valence-corrected chi connectivity index (χ0v) is 10.9. The van der Waals surface area contributed by atoms with Crippen molar-refractivity contribution in [2.75, 3.05) is 18.9 Å². The summed E-state index contributed by atoms with van der Waals surface area (Å²) in [7, 11) is 2.16. The number of hydrogen-bond donors (Lipinski definition) is 2. The van der Waals surface area contributed by atoms with E-state index in [1.807, 2.05) is 12.1 Å². The molecule has 1 aromatic rings. The predicted octanol–water partition coefficient (Wildman–Crippen LogP) is 2.28. The van der Waals surface area contributed by atoms with E-state index in [-0.39, 0.29) is 0 Å². The Bertz CT molecular complexity index is 416. The lowest BCUT2D eigenvalue weighted by Gasteiger charge is -2.35. The molecule has 4 heteroatoms. The zero-order chi connectivity index (χ0) is 13.1. The third-order valence-corrected chi connectivity index (χ3v) is 3.71. The summed E-state index contributed by atoms with van der Waals surface area (Å²) < 4.78 is 0. The number of rotatable bonds is 3. The molecule has 1 saturated heterocycles. The average molecular weight is 248 g/mol. The van der Waals surface area contributed by atoms with E-state index in [1.54, 1.807) is 12.1 Å². The van der Waals surface area contributed by atoms with Crippen LogP contribution in [0.15, 0.2) is 24.3 Å². The lowest BCUT2D eigenvalue weighted by Crippen LogP contribution is -2.42. The van der Waals surface area contributed by atoms with Gasteiger partial charge in [0.05, 0.1) is 5.56 Å². The van der Waals surface area contributed by atoms with Gasteiger partial charge in [0.15, 0.2) is 0 Å². The number of carboxylic acids is 1. The van der Waals surface area contributed by atoms with Gasteiger partial charge in [0.1, 0.15) is 0 Å². The van der Waals surface area contributed by atoms with Crippen LogP contribution in [-0.4, -0.2) is 41.7 Å². The maximum absolute atomic E-state index is 10.8. The van der Waals surface area contributed by atoms with Crippen LogP contribution < -0.4 is 5.32 Å². The van der Waals surface area contributed by atoms with E-state index in [9.17, 15) is 4.79 Å². The molecule has 18 heavy (non-hydrogen) atoms. The normalized spacial score (nSPS) is 24.8. The highest BCUT2D eigenvalue weighted by Crippen LogP contribution is 2.20. The zero-order valence-electron chi connectivity index (χ0n) is 10.9. The van der Waals surface area contributed by atoms with Gasteiger partial charge in [-0.15, -0.1) is 0 Å². The van der Waals surface area contributed by atoms with Crippen molar-refractivity contribution in [2.24, 2.45) is 0 Å². The lowest BCUT2D eigenvalue weighted by molar-refractivity contribution is 0.0697. The monoisotopic (exact) mass is 248 g/mol. The molecule has 0 aliphatic carbocycles. The highest BCUT2D eigenvalue weighted by molar-refractivity contribution is 5.87. The first-order valence-corrected chi connectivity index (χ1v) is 6.36. The van der Waals surface area contributed by atoms with Crippen molar-refractivity contribution in [3.8, 4) is 0 Å². The molecule has 0 saturated carbocycles. The van der Waals surface area contributed by atoms with Gasteiger partial charge >= 0.3 is 5.97 Å². The fourth-order valence-electron chi connectivity index (χ4n) is 2.37. The van der Waals surface area contributed by atoms with E-state index in [0.717, 1.165) is 25.1 Å². The molecule has 1 heterocycles. The second-order valence-corrected chi connectivity index (χ2v) is 5.08. The summed E-state index contributed by atoms with van der Waals surface area (Å²) in [4.78, 5) is 13.1. The number of carbonyl (C=O) groups is 1. The third kappa shape index (κ3) is 3.01. The lowest BCUT2D eigenvalue weighted by atomic mass is 9.98. The first-order valence-electron chi connectivity index (χ1n) is 6.36. The minimum Gasteiger partial charge on any atom is -0.478 e. The topological polar surface area (TPSA) is 52.6 Å². The molecule has 2 unspecified atom stereocenters. The van der Waals surface area contributed by atoms with Crippen LogP contribution in [0.3, 0.4) is 0 Å². The average Bonchev–Trinajstić information content (AvgIpc) is 2.34. The minimum atomic E-state index is -0.880. The van der Waals surface area contributed by atoms with Crippen molar-refractivity contribution >= 4 is 11.7 Å². The number of nitrogens with one attached hydrogen (secondary N) is 1.